The van der Waals surface area contributed by atoms with Crippen LogP contribution in [0.5, 0.6) is 0 Å². The van der Waals surface area contributed by atoms with E-state index in [1.165, 1.54) is 19.3 Å². The summed E-state index contributed by atoms with van der Waals surface area (Å²) in [7, 11) is 0. The zero-order valence-electron chi connectivity index (χ0n) is 8.97. The van der Waals surface area contributed by atoms with Gasteiger partial charge in [-0.2, -0.15) is 0 Å². The first-order valence-electron chi connectivity index (χ1n) is 5.52. The van der Waals surface area contributed by atoms with E-state index >= 15 is 0 Å². The predicted molar refractivity (Wildman–Crippen MR) is 60.5 cm³/mol. The van der Waals surface area contributed by atoms with Gasteiger partial charge in [-0.3, -0.25) is 4.79 Å². The molecule has 1 aromatic rings. The smallest absolute Gasteiger partial charge is 0.293 e. The fourth-order valence-electron chi connectivity index (χ4n) is 1.66. The van der Waals surface area contributed by atoms with Gasteiger partial charge in [-0.05, 0) is 25.7 Å². The summed E-state index contributed by atoms with van der Waals surface area (Å²) >= 11 is 0. The molecule has 1 aliphatic carbocycles. The van der Waals surface area contributed by atoms with Crippen molar-refractivity contribution in [2.75, 3.05) is 0 Å². The first-order valence-corrected chi connectivity index (χ1v) is 5.52. The van der Waals surface area contributed by atoms with Crippen LogP contribution in [0.15, 0.2) is 36.4 Å². The van der Waals surface area contributed by atoms with Crippen molar-refractivity contribution in [2.45, 2.75) is 38.2 Å². The number of hydrogen-bond acceptors (Lipinski definition) is 2. The fourth-order valence-corrected chi connectivity index (χ4v) is 1.66. The standard InChI is InChI=1S/C7H12O2.C6H6/c8-6-9-7-4-2-1-3-5-7;1-2-4-6-5-3-1/h6-7H,1-5H2;1-6H. The molecule has 0 saturated heterocycles. The van der Waals surface area contributed by atoms with E-state index in [2.05, 4.69) is 0 Å². The zero-order valence-corrected chi connectivity index (χ0v) is 8.97. The highest BCUT2D eigenvalue weighted by atomic mass is 16.5. The molecule has 82 valence electrons. The van der Waals surface area contributed by atoms with Crippen molar-refractivity contribution >= 4 is 6.47 Å². The quantitative estimate of drug-likeness (QED) is 0.695. The minimum absolute atomic E-state index is 0.233. The van der Waals surface area contributed by atoms with Crippen molar-refractivity contribution in [1.29, 1.82) is 0 Å². The maximum absolute atomic E-state index is 9.85. The summed E-state index contributed by atoms with van der Waals surface area (Å²) in [6.07, 6.45) is 6.11. The van der Waals surface area contributed by atoms with Crippen molar-refractivity contribution in [3.05, 3.63) is 36.4 Å². The van der Waals surface area contributed by atoms with Gasteiger partial charge in [0.25, 0.3) is 6.47 Å². The number of carbonyl (C=O) groups is 1. The lowest BCUT2D eigenvalue weighted by molar-refractivity contribution is -0.134. The van der Waals surface area contributed by atoms with Crippen LogP contribution < -0.4 is 0 Å². The third-order valence-corrected chi connectivity index (χ3v) is 2.47. The van der Waals surface area contributed by atoms with Crippen molar-refractivity contribution in [2.24, 2.45) is 0 Å². The molecule has 0 atom stereocenters. The van der Waals surface area contributed by atoms with E-state index in [4.69, 9.17) is 4.74 Å². The van der Waals surface area contributed by atoms with Crippen molar-refractivity contribution in [3.63, 3.8) is 0 Å². The number of carbonyl (C=O) groups excluding carboxylic acids is 1. The fraction of sp³-hybridized carbons (Fsp3) is 0.462. The first-order chi connectivity index (χ1) is 7.43. The zero-order chi connectivity index (χ0) is 10.8. The molecule has 0 aromatic heterocycles. The molecule has 0 radical (unpaired) electrons. The highest BCUT2D eigenvalue weighted by Crippen LogP contribution is 2.19. The Kier molecular flexibility index (Phi) is 6.30. The average molecular weight is 206 g/mol. The highest BCUT2D eigenvalue weighted by molar-refractivity contribution is 5.37. The lowest BCUT2D eigenvalue weighted by Gasteiger charge is -2.18. The van der Waals surface area contributed by atoms with Gasteiger partial charge in [0.2, 0.25) is 0 Å². The summed E-state index contributed by atoms with van der Waals surface area (Å²) in [6.45, 7) is 0.565. The Hall–Kier alpha value is -1.31. The van der Waals surface area contributed by atoms with Gasteiger partial charge in [-0.25, -0.2) is 0 Å². The molecule has 0 amide bonds. The molecule has 1 aromatic carbocycles. The van der Waals surface area contributed by atoms with E-state index in [-0.39, 0.29) is 6.10 Å². The van der Waals surface area contributed by atoms with E-state index in [0.717, 1.165) is 12.8 Å². The van der Waals surface area contributed by atoms with Gasteiger partial charge in [0.15, 0.2) is 0 Å². The van der Waals surface area contributed by atoms with Crippen molar-refractivity contribution in [1.82, 2.24) is 0 Å². The summed E-state index contributed by atoms with van der Waals surface area (Å²) in [5.41, 5.74) is 0. The SMILES string of the molecule is O=COC1CCCCC1.c1ccccc1. The van der Waals surface area contributed by atoms with E-state index in [1.807, 2.05) is 36.4 Å². The van der Waals surface area contributed by atoms with Crippen LogP contribution in [0, 0.1) is 0 Å². The van der Waals surface area contributed by atoms with Gasteiger partial charge in [-0.1, -0.05) is 42.8 Å². The highest BCUT2D eigenvalue weighted by Gasteiger charge is 2.12. The summed E-state index contributed by atoms with van der Waals surface area (Å²) < 4.78 is 4.80. The van der Waals surface area contributed by atoms with Crippen LogP contribution in [0.4, 0.5) is 0 Å². The second-order valence-corrected chi connectivity index (χ2v) is 3.65. The minimum atomic E-state index is 0.233. The Labute approximate surface area is 91.3 Å². The maximum atomic E-state index is 9.85. The van der Waals surface area contributed by atoms with Crippen LogP contribution >= 0.6 is 0 Å². The Balaban J connectivity index is 0.000000162. The van der Waals surface area contributed by atoms with E-state index in [1.54, 1.807) is 0 Å². The number of rotatable bonds is 2. The second-order valence-electron chi connectivity index (χ2n) is 3.65. The summed E-state index contributed by atoms with van der Waals surface area (Å²) in [5, 5.41) is 0. The molecule has 0 aliphatic heterocycles. The third-order valence-electron chi connectivity index (χ3n) is 2.47. The Morgan fingerprint density at radius 3 is 1.73 bits per heavy atom. The van der Waals surface area contributed by atoms with Crippen molar-refractivity contribution in [3.8, 4) is 0 Å². The molecule has 2 rings (SSSR count). The van der Waals surface area contributed by atoms with Gasteiger partial charge in [-0.15, -0.1) is 0 Å². The second kappa shape index (κ2) is 8.04. The maximum Gasteiger partial charge on any atom is 0.293 e. The van der Waals surface area contributed by atoms with E-state index in [0.29, 0.717) is 6.47 Å². The lowest BCUT2D eigenvalue weighted by Crippen LogP contribution is -2.15. The molecule has 1 aliphatic rings. The summed E-state index contributed by atoms with van der Waals surface area (Å²) in [5.74, 6) is 0. The lowest BCUT2D eigenvalue weighted by atomic mass is 9.98. The van der Waals surface area contributed by atoms with E-state index < -0.39 is 0 Å². The molecule has 15 heavy (non-hydrogen) atoms. The van der Waals surface area contributed by atoms with Crippen LogP contribution in [-0.4, -0.2) is 12.6 Å². The number of hydrogen-bond donors (Lipinski definition) is 0. The van der Waals surface area contributed by atoms with Crippen LogP contribution in [0.2, 0.25) is 0 Å². The monoisotopic (exact) mass is 206 g/mol. The molecule has 2 heteroatoms. The number of benzene rings is 1. The average Bonchev–Trinajstić information content (AvgIpc) is 2.34. The van der Waals surface area contributed by atoms with Gasteiger partial charge in [0.1, 0.15) is 6.10 Å². The Morgan fingerprint density at radius 2 is 1.33 bits per heavy atom. The van der Waals surface area contributed by atoms with E-state index in [9.17, 15) is 4.79 Å². The van der Waals surface area contributed by atoms with Crippen LogP contribution in [-0.2, 0) is 9.53 Å². The van der Waals surface area contributed by atoms with Crippen LogP contribution in [0.1, 0.15) is 32.1 Å². The Bertz CT molecular complexity index is 213. The summed E-state index contributed by atoms with van der Waals surface area (Å²) in [6, 6.07) is 12.0. The molecule has 0 N–H and O–H groups in total. The van der Waals surface area contributed by atoms with Crippen molar-refractivity contribution < 1.29 is 9.53 Å². The molecule has 0 spiro atoms. The largest absolute Gasteiger partial charge is 0.465 e. The van der Waals surface area contributed by atoms with Gasteiger partial charge in [0, 0.05) is 0 Å². The van der Waals surface area contributed by atoms with Gasteiger partial charge in [0.05, 0.1) is 0 Å². The van der Waals surface area contributed by atoms with Crippen LogP contribution in [0.3, 0.4) is 0 Å². The topological polar surface area (TPSA) is 26.3 Å². The van der Waals surface area contributed by atoms with Gasteiger partial charge >= 0.3 is 0 Å². The molecule has 1 saturated carbocycles. The third kappa shape index (κ3) is 5.89. The number of ether oxygens (including phenoxy) is 1. The minimum Gasteiger partial charge on any atom is -0.465 e. The normalized spacial score (nSPS) is 16.0. The van der Waals surface area contributed by atoms with Crippen LogP contribution in [0.25, 0.3) is 0 Å². The molecule has 0 heterocycles. The molecule has 1 fully saturated rings. The molecule has 2 nitrogen and oxygen atoms in total. The summed E-state index contributed by atoms with van der Waals surface area (Å²) in [4.78, 5) is 9.85. The first kappa shape index (κ1) is 11.8. The molecule has 0 unspecified atom stereocenters. The van der Waals surface area contributed by atoms with Gasteiger partial charge < -0.3 is 4.74 Å². The molecule has 0 bridgehead atoms. The molecular weight excluding hydrogens is 188 g/mol. The molecular formula is C13H18O2. The predicted octanol–water partition coefficient (Wildman–Crippen LogP) is 3.18. The Morgan fingerprint density at radius 1 is 0.867 bits per heavy atom.